The first kappa shape index (κ1) is 18.8. The van der Waals surface area contributed by atoms with Gasteiger partial charge < -0.3 is 15.7 Å². The number of nitrogens with one attached hydrogen (secondary N) is 2. The number of hydrogen-bond acceptors (Lipinski definition) is 5. The summed E-state index contributed by atoms with van der Waals surface area (Å²) in [6.07, 6.45) is 2.99. The summed E-state index contributed by atoms with van der Waals surface area (Å²) in [7, 11) is 0. The summed E-state index contributed by atoms with van der Waals surface area (Å²) in [4.78, 5) is 23.3. The summed E-state index contributed by atoms with van der Waals surface area (Å²) < 4.78 is 0. The summed E-state index contributed by atoms with van der Waals surface area (Å²) in [5.74, 6) is -0.393. The van der Waals surface area contributed by atoms with E-state index < -0.39 is 16.9 Å². The maximum Gasteiger partial charge on any atom is 0.270 e. The second-order valence-corrected chi connectivity index (χ2v) is 6.76. The molecule has 2 atom stereocenters. The average Bonchev–Trinajstić information content (AvgIpc) is 2.69. The van der Waals surface area contributed by atoms with Gasteiger partial charge in [0.05, 0.1) is 22.6 Å². The van der Waals surface area contributed by atoms with Crippen LogP contribution in [0.3, 0.4) is 0 Å². The van der Waals surface area contributed by atoms with E-state index in [1.54, 1.807) is 0 Å². The molecule has 1 aliphatic rings. The summed E-state index contributed by atoms with van der Waals surface area (Å²) in [5, 5.41) is 27.3. The fourth-order valence-electron chi connectivity index (χ4n) is 3.31. The number of carbonyl (C=O) groups is 1. The quantitative estimate of drug-likeness (QED) is 0.536. The van der Waals surface area contributed by atoms with Crippen LogP contribution in [0.5, 0.6) is 0 Å². The Morgan fingerprint density at radius 2 is 1.89 bits per heavy atom. The van der Waals surface area contributed by atoms with Gasteiger partial charge in [0.2, 0.25) is 0 Å². The van der Waals surface area contributed by atoms with Crippen LogP contribution >= 0.6 is 0 Å². The van der Waals surface area contributed by atoms with E-state index in [0.717, 1.165) is 24.8 Å². The van der Waals surface area contributed by atoms with E-state index in [2.05, 4.69) is 10.6 Å². The molecular formula is C20H23N3O4. The number of nitro benzene ring substituents is 1. The molecule has 0 aromatic heterocycles. The van der Waals surface area contributed by atoms with Crippen molar-refractivity contribution in [2.45, 2.75) is 44.4 Å². The molecule has 2 aromatic carbocycles. The van der Waals surface area contributed by atoms with Crippen molar-refractivity contribution in [1.82, 2.24) is 5.32 Å². The number of nitrogens with zero attached hydrogens (tertiary/aromatic N) is 1. The number of aliphatic hydroxyl groups is 1. The second kappa shape index (κ2) is 8.64. The maximum atomic E-state index is 12.7. The van der Waals surface area contributed by atoms with Crippen LogP contribution in [0, 0.1) is 10.1 Å². The lowest BCUT2D eigenvalue weighted by Gasteiger charge is -2.29. The number of hydrogen-bond donors (Lipinski definition) is 3. The van der Waals surface area contributed by atoms with Gasteiger partial charge in [-0.15, -0.1) is 0 Å². The Bertz CT molecular complexity index is 810. The van der Waals surface area contributed by atoms with Crippen molar-refractivity contribution in [2.24, 2.45) is 0 Å². The van der Waals surface area contributed by atoms with Crippen LogP contribution in [0.15, 0.2) is 48.5 Å². The molecule has 3 rings (SSSR count). The van der Waals surface area contributed by atoms with Gasteiger partial charge >= 0.3 is 0 Å². The Morgan fingerprint density at radius 1 is 1.15 bits per heavy atom. The lowest BCUT2D eigenvalue weighted by molar-refractivity contribution is -0.384. The van der Waals surface area contributed by atoms with Crippen LogP contribution in [-0.4, -0.2) is 28.1 Å². The predicted molar refractivity (Wildman–Crippen MR) is 103 cm³/mol. The molecule has 2 aromatic rings. The maximum absolute atomic E-state index is 12.7. The molecule has 1 fully saturated rings. The van der Waals surface area contributed by atoms with E-state index in [1.807, 2.05) is 30.3 Å². The number of amides is 1. The number of nitro groups is 1. The van der Waals surface area contributed by atoms with Gasteiger partial charge in [0, 0.05) is 24.4 Å². The monoisotopic (exact) mass is 369 g/mol. The molecule has 27 heavy (non-hydrogen) atoms. The Balaban J connectivity index is 1.80. The third-order valence-electron chi connectivity index (χ3n) is 4.82. The molecule has 1 saturated carbocycles. The number of non-ortho nitro benzene ring substituents is 1. The van der Waals surface area contributed by atoms with Crippen molar-refractivity contribution in [1.29, 1.82) is 0 Å². The molecule has 1 aliphatic carbocycles. The molecule has 142 valence electrons. The zero-order chi connectivity index (χ0) is 19.2. The predicted octanol–water partition coefficient (Wildman–Crippen LogP) is 3.24. The SMILES string of the molecule is O=C(NCc1ccccc1)c1cc([N+](=O)[O-])ccc1NC1CCCCC1O. The molecule has 3 N–H and O–H groups in total. The van der Waals surface area contributed by atoms with Gasteiger partial charge in [0.15, 0.2) is 0 Å². The molecule has 7 nitrogen and oxygen atoms in total. The molecule has 0 radical (unpaired) electrons. The highest BCUT2D eigenvalue weighted by Crippen LogP contribution is 2.27. The molecule has 2 unspecified atom stereocenters. The molecule has 0 heterocycles. The van der Waals surface area contributed by atoms with Crippen molar-refractivity contribution >= 4 is 17.3 Å². The second-order valence-electron chi connectivity index (χ2n) is 6.76. The molecule has 1 amide bonds. The van der Waals surface area contributed by atoms with Gasteiger partial charge in [0.25, 0.3) is 11.6 Å². The van der Waals surface area contributed by atoms with Crippen LogP contribution in [0.2, 0.25) is 0 Å². The molecule has 7 heteroatoms. The van der Waals surface area contributed by atoms with Crippen molar-refractivity contribution in [3.63, 3.8) is 0 Å². The van der Waals surface area contributed by atoms with Crippen LogP contribution in [0.25, 0.3) is 0 Å². The summed E-state index contributed by atoms with van der Waals surface area (Å²) in [5.41, 5.74) is 1.50. The van der Waals surface area contributed by atoms with Gasteiger partial charge in [-0.25, -0.2) is 0 Å². The minimum atomic E-state index is -0.521. The van der Waals surface area contributed by atoms with E-state index in [-0.39, 0.29) is 17.3 Å². The number of rotatable bonds is 6. The zero-order valence-electron chi connectivity index (χ0n) is 14.9. The van der Waals surface area contributed by atoms with E-state index >= 15 is 0 Å². The highest BCUT2D eigenvalue weighted by Gasteiger charge is 2.25. The lowest BCUT2D eigenvalue weighted by Crippen LogP contribution is -2.37. The third kappa shape index (κ3) is 4.83. The van der Waals surface area contributed by atoms with Gasteiger partial charge in [-0.1, -0.05) is 43.2 Å². The van der Waals surface area contributed by atoms with E-state index in [1.165, 1.54) is 18.2 Å². The molecular weight excluding hydrogens is 346 g/mol. The summed E-state index contributed by atoms with van der Waals surface area (Å²) in [6.45, 7) is 0.327. The summed E-state index contributed by atoms with van der Waals surface area (Å²) in [6, 6.07) is 13.5. The third-order valence-corrected chi connectivity index (χ3v) is 4.82. The molecule has 0 bridgehead atoms. The smallest absolute Gasteiger partial charge is 0.270 e. The van der Waals surface area contributed by atoms with Crippen molar-refractivity contribution < 1.29 is 14.8 Å². The van der Waals surface area contributed by atoms with Gasteiger partial charge in [-0.05, 0) is 24.5 Å². The minimum Gasteiger partial charge on any atom is -0.391 e. The minimum absolute atomic E-state index is 0.144. The number of aliphatic hydroxyl groups excluding tert-OH is 1. The van der Waals surface area contributed by atoms with Crippen LogP contribution in [-0.2, 0) is 6.54 Å². The average molecular weight is 369 g/mol. The standard InChI is InChI=1S/C20H23N3O4/c24-19-9-5-4-8-18(19)22-17-11-10-15(23(26)27)12-16(17)20(25)21-13-14-6-2-1-3-7-14/h1-3,6-7,10-12,18-19,22,24H,4-5,8-9,13H2,(H,21,25). The number of benzene rings is 2. The van der Waals surface area contributed by atoms with Crippen LogP contribution in [0.4, 0.5) is 11.4 Å². The molecule has 0 aliphatic heterocycles. The van der Waals surface area contributed by atoms with Crippen LogP contribution < -0.4 is 10.6 Å². The largest absolute Gasteiger partial charge is 0.391 e. The summed E-state index contributed by atoms with van der Waals surface area (Å²) >= 11 is 0. The van der Waals surface area contributed by atoms with Gasteiger partial charge in [-0.3, -0.25) is 14.9 Å². The molecule has 0 saturated heterocycles. The van der Waals surface area contributed by atoms with Crippen molar-refractivity contribution in [3.05, 3.63) is 69.8 Å². The van der Waals surface area contributed by atoms with E-state index in [9.17, 15) is 20.0 Å². The Hall–Kier alpha value is -2.93. The lowest BCUT2D eigenvalue weighted by atomic mass is 9.92. The topological polar surface area (TPSA) is 104 Å². The first-order valence-electron chi connectivity index (χ1n) is 9.10. The fourth-order valence-corrected chi connectivity index (χ4v) is 3.31. The van der Waals surface area contributed by atoms with E-state index in [0.29, 0.717) is 18.7 Å². The normalized spacial score (nSPS) is 19.3. The Morgan fingerprint density at radius 3 is 2.59 bits per heavy atom. The number of anilines is 1. The Labute approximate surface area is 157 Å². The fraction of sp³-hybridized carbons (Fsp3) is 0.350. The highest BCUT2D eigenvalue weighted by atomic mass is 16.6. The van der Waals surface area contributed by atoms with Gasteiger partial charge in [-0.2, -0.15) is 0 Å². The first-order valence-corrected chi connectivity index (χ1v) is 9.10. The van der Waals surface area contributed by atoms with Crippen LogP contribution in [0.1, 0.15) is 41.6 Å². The zero-order valence-corrected chi connectivity index (χ0v) is 14.9. The molecule has 0 spiro atoms. The van der Waals surface area contributed by atoms with E-state index in [4.69, 9.17) is 0 Å². The first-order chi connectivity index (χ1) is 13.0. The van der Waals surface area contributed by atoms with Crippen molar-refractivity contribution in [2.75, 3.05) is 5.32 Å². The highest BCUT2D eigenvalue weighted by molar-refractivity contribution is 6.00. The Kier molecular flexibility index (Phi) is 6.03. The van der Waals surface area contributed by atoms with Gasteiger partial charge in [0.1, 0.15) is 0 Å². The van der Waals surface area contributed by atoms with Crippen molar-refractivity contribution in [3.8, 4) is 0 Å². The number of carbonyl (C=O) groups excluding carboxylic acids is 1.